The molecule has 0 N–H and O–H groups in total. The van der Waals surface area contributed by atoms with Crippen LogP contribution < -0.4 is 0 Å². The highest BCUT2D eigenvalue weighted by molar-refractivity contribution is 6.18. The van der Waals surface area contributed by atoms with Crippen molar-refractivity contribution in [3.05, 3.63) is 25.7 Å². The second kappa shape index (κ2) is 5.14. The first-order valence-corrected chi connectivity index (χ1v) is 1.76. The van der Waals surface area contributed by atoms with E-state index < -0.39 is 0 Å². The van der Waals surface area contributed by atoms with Gasteiger partial charge in [0.15, 0.2) is 0 Å². The molecule has 0 saturated heterocycles. The molecule has 0 unspecified atom stereocenters. The van der Waals surface area contributed by atoms with Gasteiger partial charge in [-0.05, 0) is 0 Å². The van der Waals surface area contributed by atoms with Gasteiger partial charge in [-0.2, -0.15) is 0 Å². The number of hydrogen-bond donors (Lipinski definition) is 0. The zero-order chi connectivity index (χ0) is 5.54. The van der Waals surface area contributed by atoms with Crippen molar-refractivity contribution in [2.45, 2.75) is 0 Å². The molecule has 0 rings (SSSR count). The maximum Gasteiger partial charge on any atom is 0.657 e. The molecular formula is C4H6BO2. The van der Waals surface area contributed by atoms with Crippen LogP contribution in [0.15, 0.2) is 25.7 Å². The highest BCUT2D eigenvalue weighted by Gasteiger charge is 1.83. The molecule has 2 nitrogen and oxygen atoms in total. The Bertz CT molecular complexity index is 54.7. The van der Waals surface area contributed by atoms with Crippen LogP contribution in [0.25, 0.3) is 0 Å². The van der Waals surface area contributed by atoms with Gasteiger partial charge in [-0.25, -0.2) is 0 Å². The summed E-state index contributed by atoms with van der Waals surface area (Å²) in [6.45, 7) is 6.53. The van der Waals surface area contributed by atoms with Gasteiger partial charge >= 0.3 is 7.69 Å². The molecule has 0 spiro atoms. The Morgan fingerprint density at radius 2 is 1.57 bits per heavy atom. The van der Waals surface area contributed by atoms with Gasteiger partial charge in [-0.1, -0.05) is 13.2 Å². The molecule has 0 aromatic rings. The van der Waals surface area contributed by atoms with Crippen LogP contribution in [-0.4, -0.2) is 7.69 Å². The van der Waals surface area contributed by atoms with E-state index in [-0.39, 0.29) is 0 Å². The summed E-state index contributed by atoms with van der Waals surface area (Å²) in [6.07, 6.45) is 2.51. The van der Waals surface area contributed by atoms with Crippen molar-refractivity contribution in [1.29, 1.82) is 0 Å². The first-order chi connectivity index (χ1) is 3.41. The van der Waals surface area contributed by atoms with Crippen molar-refractivity contribution in [2.24, 2.45) is 0 Å². The summed E-state index contributed by atoms with van der Waals surface area (Å²) < 4.78 is 8.84. The Hall–Kier alpha value is -0.855. The van der Waals surface area contributed by atoms with Gasteiger partial charge in [0.2, 0.25) is 0 Å². The van der Waals surface area contributed by atoms with Crippen molar-refractivity contribution in [1.82, 2.24) is 0 Å². The number of hydrogen-bond acceptors (Lipinski definition) is 2. The lowest BCUT2D eigenvalue weighted by Gasteiger charge is -1.90. The van der Waals surface area contributed by atoms with Crippen LogP contribution in [0.4, 0.5) is 0 Å². The molecule has 3 heteroatoms. The maximum atomic E-state index is 4.42. The van der Waals surface area contributed by atoms with Crippen LogP contribution in [0.2, 0.25) is 0 Å². The standard InChI is InChI=1S/C4H6BO2/c1-3-6-5-7-4-2/h3-4H,1-2H2. The predicted octanol–water partition coefficient (Wildman–Crippen LogP) is 0.841. The second-order valence-corrected chi connectivity index (χ2v) is 0.702. The van der Waals surface area contributed by atoms with Crippen molar-refractivity contribution in [3.8, 4) is 0 Å². The summed E-state index contributed by atoms with van der Waals surface area (Å²) in [5.74, 6) is 0. The predicted molar refractivity (Wildman–Crippen MR) is 28.3 cm³/mol. The quantitative estimate of drug-likeness (QED) is 0.294. The molecule has 0 fully saturated rings. The lowest BCUT2D eigenvalue weighted by molar-refractivity contribution is 0.378. The van der Waals surface area contributed by atoms with Gasteiger partial charge in [0.25, 0.3) is 0 Å². The summed E-state index contributed by atoms with van der Waals surface area (Å²) in [5.41, 5.74) is 0. The smallest absolute Gasteiger partial charge is 0.533 e. The van der Waals surface area contributed by atoms with E-state index in [1.807, 2.05) is 0 Å². The van der Waals surface area contributed by atoms with Gasteiger partial charge in [-0.3, -0.25) is 0 Å². The van der Waals surface area contributed by atoms with E-state index in [1.54, 1.807) is 0 Å². The zero-order valence-corrected chi connectivity index (χ0v) is 3.96. The van der Waals surface area contributed by atoms with Crippen LogP contribution in [0.1, 0.15) is 0 Å². The molecule has 0 atom stereocenters. The van der Waals surface area contributed by atoms with Crippen LogP contribution in [-0.2, 0) is 9.31 Å². The third-order valence-corrected chi connectivity index (χ3v) is 0.304. The zero-order valence-electron chi connectivity index (χ0n) is 3.96. The molecule has 0 aliphatic rings. The van der Waals surface area contributed by atoms with Crippen molar-refractivity contribution in [3.63, 3.8) is 0 Å². The highest BCUT2D eigenvalue weighted by atomic mass is 16.6. The summed E-state index contributed by atoms with van der Waals surface area (Å²) in [6, 6.07) is 0. The monoisotopic (exact) mass is 97.0 g/mol. The largest absolute Gasteiger partial charge is 0.657 e. The van der Waals surface area contributed by atoms with Crippen molar-refractivity contribution < 1.29 is 9.31 Å². The summed E-state index contributed by atoms with van der Waals surface area (Å²) in [4.78, 5) is 0. The molecule has 37 valence electrons. The van der Waals surface area contributed by atoms with E-state index in [0.29, 0.717) is 0 Å². The van der Waals surface area contributed by atoms with Crippen molar-refractivity contribution in [2.75, 3.05) is 0 Å². The van der Waals surface area contributed by atoms with Crippen LogP contribution >= 0.6 is 0 Å². The lowest BCUT2D eigenvalue weighted by atomic mass is 10.4. The SMILES string of the molecule is C=CO[B]OC=C. The van der Waals surface area contributed by atoms with Gasteiger partial charge < -0.3 is 9.31 Å². The minimum absolute atomic E-state index is 1.12. The van der Waals surface area contributed by atoms with Gasteiger partial charge in [0.1, 0.15) is 0 Å². The molecule has 0 amide bonds. The first kappa shape index (κ1) is 6.14. The number of rotatable bonds is 4. The Balaban J connectivity index is 2.68. The van der Waals surface area contributed by atoms with E-state index >= 15 is 0 Å². The third kappa shape index (κ3) is 5.14. The van der Waals surface area contributed by atoms with E-state index in [4.69, 9.17) is 0 Å². The maximum absolute atomic E-state index is 4.42. The Morgan fingerprint density at radius 3 is 1.86 bits per heavy atom. The second-order valence-electron chi connectivity index (χ2n) is 0.702. The Labute approximate surface area is 43.7 Å². The summed E-state index contributed by atoms with van der Waals surface area (Å²) in [7, 11) is 1.12. The van der Waals surface area contributed by atoms with Gasteiger partial charge in [0.05, 0.1) is 12.5 Å². The van der Waals surface area contributed by atoms with Gasteiger partial charge in [0, 0.05) is 0 Å². The molecule has 0 saturated carbocycles. The fraction of sp³-hybridized carbons (Fsp3) is 0. The Kier molecular flexibility index (Phi) is 4.52. The lowest BCUT2D eigenvalue weighted by Crippen LogP contribution is -1.92. The normalized spacial score (nSPS) is 6.29. The fourth-order valence-electron chi connectivity index (χ4n) is 0.111. The minimum Gasteiger partial charge on any atom is -0.533 e. The van der Waals surface area contributed by atoms with Crippen LogP contribution in [0, 0.1) is 0 Å². The Morgan fingerprint density at radius 1 is 1.14 bits per heavy atom. The molecule has 0 aliphatic heterocycles. The molecule has 0 bridgehead atoms. The first-order valence-electron chi connectivity index (χ1n) is 1.76. The van der Waals surface area contributed by atoms with Crippen LogP contribution in [0.3, 0.4) is 0 Å². The van der Waals surface area contributed by atoms with E-state index in [0.717, 1.165) is 7.69 Å². The topological polar surface area (TPSA) is 18.5 Å². The minimum atomic E-state index is 1.12. The van der Waals surface area contributed by atoms with Gasteiger partial charge in [-0.15, -0.1) is 0 Å². The summed E-state index contributed by atoms with van der Waals surface area (Å²) in [5, 5.41) is 0. The molecular weight excluding hydrogens is 90.9 g/mol. The van der Waals surface area contributed by atoms with Crippen molar-refractivity contribution >= 4 is 7.69 Å². The average molecular weight is 96.9 g/mol. The molecule has 0 heterocycles. The molecule has 7 heavy (non-hydrogen) atoms. The third-order valence-electron chi connectivity index (χ3n) is 0.304. The molecule has 0 aromatic carbocycles. The highest BCUT2D eigenvalue weighted by Crippen LogP contribution is 1.71. The molecule has 0 aliphatic carbocycles. The van der Waals surface area contributed by atoms with Crippen LogP contribution in [0.5, 0.6) is 0 Å². The summed E-state index contributed by atoms with van der Waals surface area (Å²) >= 11 is 0. The van der Waals surface area contributed by atoms with E-state index in [9.17, 15) is 0 Å². The van der Waals surface area contributed by atoms with E-state index in [2.05, 4.69) is 22.5 Å². The fourth-order valence-corrected chi connectivity index (χ4v) is 0.111. The molecule has 1 radical (unpaired) electrons. The molecule has 0 aromatic heterocycles. The average Bonchev–Trinajstić information content (AvgIpc) is 1.69. The van der Waals surface area contributed by atoms with E-state index in [1.165, 1.54) is 12.5 Å².